The van der Waals surface area contributed by atoms with E-state index in [2.05, 4.69) is 60.0 Å². The van der Waals surface area contributed by atoms with Gasteiger partial charge in [-0.3, -0.25) is 4.79 Å². The van der Waals surface area contributed by atoms with Crippen molar-refractivity contribution in [3.63, 3.8) is 0 Å². The molecule has 2 N–H and O–H groups in total. The van der Waals surface area contributed by atoms with Gasteiger partial charge in [-0.2, -0.15) is 0 Å². The lowest BCUT2D eigenvalue weighted by Gasteiger charge is -2.39. The van der Waals surface area contributed by atoms with Gasteiger partial charge in [-0.1, -0.05) is 48.6 Å². The van der Waals surface area contributed by atoms with Crippen LogP contribution < -0.4 is 10.6 Å². The number of rotatable bonds is 2. The van der Waals surface area contributed by atoms with Crippen LogP contribution in [0.15, 0.2) is 54.6 Å². The monoisotopic (exact) mass is 360 g/mol. The van der Waals surface area contributed by atoms with Gasteiger partial charge in [-0.25, -0.2) is 0 Å². The zero-order valence-electron chi connectivity index (χ0n) is 16.5. The maximum absolute atomic E-state index is 13.0. The molecule has 1 aliphatic carbocycles. The third kappa shape index (κ3) is 3.27. The Balaban J connectivity index is 1.79. The number of hydrogen-bond donors (Lipinski definition) is 2. The minimum atomic E-state index is -0.264. The highest BCUT2D eigenvalue weighted by Gasteiger charge is 2.39. The van der Waals surface area contributed by atoms with Gasteiger partial charge >= 0.3 is 0 Å². The number of allylic oxidation sites excluding steroid dienone is 2. The van der Waals surface area contributed by atoms with Crippen molar-refractivity contribution in [3.05, 3.63) is 76.9 Å². The van der Waals surface area contributed by atoms with Crippen LogP contribution in [-0.2, 0) is 0 Å². The molecule has 2 aromatic rings. The summed E-state index contributed by atoms with van der Waals surface area (Å²) in [6.45, 7) is 8.21. The number of amides is 1. The summed E-state index contributed by atoms with van der Waals surface area (Å²) in [7, 11) is 0. The summed E-state index contributed by atoms with van der Waals surface area (Å²) >= 11 is 0. The van der Waals surface area contributed by atoms with E-state index in [1.807, 2.05) is 32.9 Å². The van der Waals surface area contributed by atoms with E-state index in [1.165, 1.54) is 16.7 Å². The van der Waals surface area contributed by atoms with Crippen LogP contribution in [0.5, 0.6) is 0 Å². The molecule has 0 bridgehead atoms. The maximum Gasteiger partial charge on any atom is 0.253 e. The molecule has 0 fully saturated rings. The van der Waals surface area contributed by atoms with Crippen LogP contribution in [0.1, 0.15) is 66.2 Å². The molecule has 4 rings (SSSR count). The number of anilines is 1. The highest BCUT2D eigenvalue weighted by molar-refractivity contribution is 6.01. The summed E-state index contributed by atoms with van der Waals surface area (Å²) in [6.07, 6.45) is 5.68. The number of benzene rings is 2. The van der Waals surface area contributed by atoms with E-state index in [9.17, 15) is 4.79 Å². The second-order valence-corrected chi connectivity index (χ2v) is 8.81. The molecule has 0 saturated carbocycles. The van der Waals surface area contributed by atoms with Gasteiger partial charge in [-0.05, 0) is 62.8 Å². The molecular weight excluding hydrogens is 332 g/mol. The number of carbonyl (C=O) groups excluding carboxylic acids is 1. The van der Waals surface area contributed by atoms with Crippen LogP contribution in [0.4, 0.5) is 5.69 Å². The number of aryl methyl sites for hydroxylation is 1. The molecule has 0 aromatic heterocycles. The number of nitrogens with one attached hydrogen (secondary N) is 2. The van der Waals surface area contributed by atoms with Crippen molar-refractivity contribution in [3.8, 4) is 0 Å². The summed E-state index contributed by atoms with van der Waals surface area (Å²) < 4.78 is 0. The molecule has 3 heteroatoms. The molecule has 1 amide bonds. The quantitative estimate of drug-likeness (QED) is 0.709. The van der Waals surface area contributed by atoms with Crippen molar-refractivity contribution in [1.82, 2.24) is 5.32 Å². The van der Waals surface area contributed by atoms with Crippen LogP contribution in [-0.4, -0.2) is 11.4 Å². The molecule has 1 heterocycles. The van der Waals surface area contributed by atoms with E-state index in [0.717, 1.165) is 17.7 Å². The summed E-state index contributed by atoms with van der Waals surface area (Å²) in [5.74, 6) is 0.823. The predicted molar refractivity (Wildman–Crippen MR) is 111 cm³/mol. The van der Waals surface area contributed by atoms with Crippen molar-refractivity contribution >= 4 is 11.6 Å². The first-order valence-electron chi connectivity index (χ1n) is 9.79. The van der Waals surface area contributed by atoms with Crippen LogP contribution in [0.2, 0.25) is 0 Å². The highest BCUT2D eigenvalue weighted by Crippen LogP contribution is 2.51. The summed E-state index contributed by atoms with van der Waals surface area (Å²) in [4.78, 5) is 13.0. The Bertz CT molecular complexity index is 907. The predicted octanol–water partition coefficient (Wildman–Crippen LogP) is 5.35. The van der Waals surface area contributed by atoms with Crippen LogP contribution in [0, 0.1) is 12.8 Å². The van der Waals surface area contributed by atoms with Gasteiger partial charge in [0.25, 0.3) is 5.91 Å². The van der Waals surface area contributed by atoms with Gasteiger partial charge in [0.15, 0.2) is 0 Å². The standard InChI is InChI=1S/C24H28N2O/c1-15-9-5-6-10-16(15)21-18-12-7-11-17(18)19-13-8-14-20(22(19)25-21)23(27)26-24(2,3)4/h5-11,13-14,17-18,21,25H,12H2,1-4H3,(H,26,27). The Morgan fingerprint density at radius 2 is 1.81 bits per heavy atom. The topological polar surface area (TPSA) is 41.1 Å². The van der Waals surface area contributed by atoms with E-state index in [-0.39, 0.29) is 17.5 Å². The fourth-order valence-electron chi connectivity index (χ4n) is 4.46. The Hall–Kier alpha value is -2.55. The number of hydrogen-bond acceptors (Lipinski definition) is 2. The minimum Gasteiger partial charge on any atom is -0.377 e. The molecule has 2 aliphatic rings. The lowest BCUT2D eigenvalue weighted by atomic mass is 9.75. The van der Waals surface area contributed by atoms with E-state index in [0.29, 0.717) is 11.8 Å². The van der Waals surface area contributed by atoms with Crippen LogP contribution in [0.3, 0.4) is 0 Å². The second-order valence-electron chi connectivity index (χ2n) is 8.81. The molecule has 0 saturated heterocycles. The van der Waals surface area contributed by atoms with Gasteiger partial charge < -0.3 is 10.6 Å². The summed E-state index contributed by atoms with van der Waals surface area (Å²) in [5.41, 5.74) is 5.31. The molecule has 0 radical (unpaired) electrons. The SMILES string of the molecule is Cc1ccccc1C1Nc2c(C(=O)NC(C)(C)C)cccc2C2C=CCC21. The van der Waals surface area contributed by atoms with E-state index in [1.54, 1.807) is 0 Å². The van der Waals surface area contributed by atoms with Crippen LogP contribution >= 0.6 is 0 Å². The van der Waals surface area contributed by atoms with Crippen LogP contribution in [0.25, 0.3) is 0 Å². The van der Waals surface area contributed by atoms with Crippen molar-refractivity contribution in [2.45, 2.75) is 51.6 Å². The molecule has 3 unspecified atom stereocenters. The number of fused-ring (bicyclic) bond motifs is 3. The maximum atomic E-state index is 13.0. The Morgan fingerprint density at radius 3 is 2.56 bits per heavy atom. The number of para-hydroxylation sites is 1. The first-order valence-corrected chi connectivity index (χ1v) is 9.79. The third-order valence-corrected chi connectivity index (χ3v) is 5.65. The minimum absolute atomic E-state index is 0.0178. The van der Waals surface area contributed by atoms with Crippen molar-refractivity contribution in [1.29, 1.82) is 0 Å². The zero-order valence-corrected chi connectivity index (χ0v) is 16.5. The molecular formula is C24H28N2O. The highest BCUT2D eigenvalue weighted by atomic mass is 16.1. The largest absolute Gasteiger partial charge is 0.377 e. The first-order chi connectivity index (χ1) is 12.8. The zero-order chi connectivity index (χ0) is 19.2. The van der Waals surface area contributed by atoms with E-state index in [4.69, 9.17) is 0 Å². The average Bonchev–Trinajstić information content (AvgIpc) is 3.09. The lowest BCUT2D eigenvalue weighted by molar-refractivity contribution is 0.0920. The normalized spacial score (nSPS) is 23.3. The summed E-state index contributed by atoms with van der Waals surface area (Å²) in [6, 6.07) is 14.9. The van der Waals surface area contributed by atoms with Crippen molar-refractivity contribution in [2.24, 2.45) is 5.92 Å². The Kier molecular flexibility index (Phi) is 4.33. The van der Waals surface area contributed by atoms with Gasteiger partial charge in [0.05, 0.1) is 17.3 Å². The fourth-order valence-corrected chi connectivity index (χ4v) is 4.46. The van der Waals surface area contributed by atoms with E-state index >= 15 is 0 Å². The summed E-state index contributed by atoms with van der Waals surface area (Å²) in [5, 5.41) is 6.87. The average molecular weight is 361 g/mol. The van der Waals surface area contributed by atoms with Gasteiger partial charge in [0.1, 0.15) is 0 Å². The smallest absolute Gasteiger partial charge is 0.253 e. The van der Waals surface area contributed by atoms with Crippen molar-refractivity contribution in [2.75, 3.05) is 5.32 Å². The molecule has 1 aliphatic heterocycles. The van der Waals surface area contributed by atoms with Gasteiger partial charge in [0, 0.05) is 11.5 Å². The Morgan fingerprint density at radius 1 is 1.07 bits per heavy atom. The molecule has 3 nitrogen and oxygen atoms in total. The second kappa shape index (κ2) is 6.56. The van der Waals surface area contributed by atoms with Gasteiger partial charge in [-0.15, -0.1) is 0 Å². The number of carbonyl (C=O) groups is 1. The van der Waals surface area contributed by atoms with Crippen molar-refractivity contribution < 1.29 is 4.79 Å². The first kappa shape index (κ1) is 17.8. The molecule has 140 valence electrons. The molecule has 2 aromatic carbocycles. The van der Waals surface area contributed by atoms with E-state index < -0.39 is 0 Å². The fraction of sp³-hybridized carbons (Fsp3) is 0.375. The van der Waals surface area contributed by atoms with Gasteiger partial charge in [0.2, 0.25) is 0 Å². The molecule has 3 atom stereocenters. The lowest BCUT2D eigenvalue weighted by Crippen LogP contribution is -2.41. The molecule has 27 heavy (non-hydrogen) atoms. The third-order valence-electron chi connectivity index (χ3n) is 5.65. The molecule has 0 spiro atoms. The Labute approximate surface area is 161 Å².